The fraction of sp³-hybridized carbons (Fsp3) is 0.643. The van der Waals surface area contributed by atoms with Gasteiger partial charge in [-0.05, 0) is 46.0 Å². The molecule has 1 aromatic rings. The first-order chi connectivity index (χ1) is 9.75. The number of anilines is 1. The van der Waals surface area contributed by atoms with E-state index < -0.39 is 10.0 Å². The van der Waals surface area contributed by atoms with Crippen molar-refractivity contribution in [2.45, 2.75) is 31.2 Å². The van der Waals surface area contributed by atoms with E-state index in [2.05, 4.69) is 36.1 Å². The van der Waals surface area contributed by atoms with Crippen LogP contribution in [0.4, 0.5) is 5.82 Å². The zero-order valence-electron chi connectivity index (χ0n) is 13.5. The van der Waals surface area contributed by atoms with Crippen molar-refractivity contribution in [3.8, 4) is 0 Å². The highest BCUT2D eigenvalue weighted by atomic mass is 32.2. The number of hydrogen-bond donors (Lipinski definition) is 1. The summed E-state index contributed by atoms with van der Waals surface area (Å²) in [5.41, 5.74) is 0. The summed E-state index contributed by atoms with van der Waals surface area (Å²) < 4.78 is 25.0. The Morgan fingerprint density at radius 3 is 2.38 bits per heavy atom. The first-order valence-corrected chi connectivity index (χ1v) is 8.52. The summed E-state index contributed by atoms with van der Waals surface area (Å²) in [4.78, 5) is 6.63. The molecule has 7 heteroatoms. The molecule has 1 rings (SSSR count). The molecule has 0 aliphatic carbocycles. The fourth-order valence-corrected chi connectivity index (χ4v) is 2.50. The van der Waals surface area contributed by atoms with Crippen molar-refractivity contribution in [1.82, 2.24) is 14.2 Å². The standard InChI is InChI=1S/C14H26N4O2S/c1-12(2)18(5)10-6-9-15-14-8-7-13(11-16-14)21(19,20)17(3)4/h7-8,11-12H,6,9-10H2,1-5H3,(H,15,16). The van der Waals surface area contributed by atoms with Gasteiger partial charge in [-0.1, -0.05) is 0 Å². The lowest BCUT2D eigenvalue weighted by Gasteiger charge is -2.20. The van der Waals surface area contributed by atoms with E-state index in [4.69, 9.17) is 0 Å². The molecule has 0 radical (unpaired) electrons. The third-order valence-electron chi connectivity index (χ3n) is 3.39. The summed E-state index contributed by atoms with van der Waals surface area (Å²) in [5.74, 6) is 0.694. The largest absolute Gasteiger partial charge is 0.370 e. The van der Waals surface area contributed by atoms with Gasteiger partial charge in [0.1, 0.15) is 10.7 Å². The Morgan fingerprint density at radius 2 is 1.90 bits per heavy atom. The van der Waals surface area contributed by atoms with Gasteiger partial charge in [-0.15, -0.1) is 0 Å². The number of rotatable bonds is 8. The van der Waals surface area contributed by atoms with E-state index in [9.17, 15) is 8.42 Å². The molecule has 21 heavy (non-hydrogen) atoms. The summed E-state index contributed by atoms with van der Waals surface area (Å²) >= 11 is 0. The molecule has 0 aromatic carbocycles. The van der Waals surface area contributed by atoms with Gasteiger partial charge in [0.2, 0.25) is 10.0 Å². The smallest absolute Gasteiger partial charge is 0.244 e. The molecule has 0 saturated heterocycles. The third kappa shape index (κ3) is 5.26. The Labute approximate surface area is 128 Å². The van der Waals surface area contributed by atoms with Crippen LogP contribution in [-0.4, -0.2) is 62.9 Å². The molecule has 0 saturated carbocycles. The fourth-order valence-electron chi connectivity index (χ4n) is 1.65. The Morgan fingerprint density at radius 1 is 1.24 bits per heavy atom. The summed E-state index contributed by atoms with van der Waals surface area (Å²) in [7, 11) is 1.71. The summed E-state index contributed by atoms with van der Waals surface area (Å²) in [6, 6.07) is 3.81. The van der Waals surface area contributed by atoms with Gasteiger partial charge in [0, 0.05) is 32.9 Å². The maximum atomic E-state index is 11.9. The zero-order chi connectivity index (χ0) is 16.0. The molecule has 0 aliphatic heterocycles. The second kappa shape index (κ2) is 7.72. The highest BCUT2D eigenvalue weighted by Gasteiger charge is 2.17. The highest BCUT2D eigenvalue weighted by molar-refractivity contribution is 7.89. The van der Waals surface area contributed by atoms with Gasteiger partial charge in [-0.2, -0.15) is 0 Å². The van der Waals surface area contributed by atoms with E-state index in [1.54, 1.807) is 12.1 Å². The van der Waals surface area contributed by atoms with Crippen LogP contribution >= 0.6 is 0 Å². The topological polar surface area (TPSA) is 65.5 Å². The average Bonchev–Trinajstić information content (AvgIpc) is 2.43. The molecule has 120 valence electrons. The molecule has 6 nitrogen and oxygen atoms in total. The number of nitrogens with zero attached hydrogens (tertiary/aromatic N) is 3. The van der Waals surface area contributed by atoms with Gasteiger partial charge in [-0.25, -0.2) is 17.7 Å². The first kappa shape index (κ1) is 17.9. The van der Waals surface area contributed by atoms with Crippen molar-refractivity contribution in [2.24, 2.45) is 0 Å². The molecule has 1 heterocycles. The average molecular weight is 314 g/mol. The van der Waals surface area contributed by atoms with Crippen molar-refractivity contribution in [3.63, 3.8) is 0 Å². The molecule has 0 fully saturated rings. The maximum absolute atomic E-state index is 11.9. The van der Waals surface area contributed by atoms with E-state index in [-0.39, 0.29) is 4.90 Å². The van der Waals surface area contributed by atoms with Crippen LogP contribution in [-0.2, 0) is 10.0 Å². The summed E-state index contributed by atoms with van der Waals surface area (Å²) in [6.45, 7) is 6.15. The maximum Gasteiger partial charge on any atom is 0.244 e. The minimum absolute atomic E-state index is 0.206. The normalized spacial score (nSPS) is 12.4. The third-order valence-corrected chi connectivity index (χ3v) is 5.19. The van der Waals surface area contributed by atoms with Crippen LogP contribution in [0.1, 0.15) is 20.3 Å². The predicted octanol–water partition coefficient (Wildman–Crippen LogP) is 1.47. The SMILES string of the molecule is CC(C)N(C)CCCNc1ccc(S(=O)(=O)N(C)C)cn1. The molecule has 0 bridgehead atoms. The monoisotopic (exact) mass is 314 g/mol. The van der Waals surface area contributed by atoms with E-state index in [1.165, 1.54) is 24.6 Å². The first-order valence-electron chi connectivity index (χ1n) is 7.08. The number of sulfonamides is 1. The number of aromatic nitrogens is 1. The Hall–Kier alpha value is -1.18. The molecule has 0 aliphatic rings. The van der Waals surface area contributed by atoms with Gasteiger partial charge in [0.15, 0.2) is 0 Å². The molecule has 1 N–H and O–H groups in total. The van der Waals surface area contributed by atoms with Gasteiger partial charge >= 0.3 is 0 Å². The zero-order valence-corrected chi connectivity index (χ0v) is 14.3. The summed E-state index contributed by atoms with van der Waals surface area (Å²) in [6.07, 6.45) is 2.39. The van der Waals surface area contributed by atoms with E-state index >= 15 is 0 Å². The van der Waals surface area contributed by atoms with E-state index in [0.29, 0.717) is 11.9 Å². The minimum atomic E-state index is -3.40. The van der Waals surface area contributed by atoms with E-state index in [0.717, 1.165) is 19.5 Å². The number of hydrogen-bond acceptors (Lipinski definition) is 5. The molecule has 1 aromatic heterocycles. The van der Waals surface area contributed by atoms with Crippen LogP contribution < -0.4 is 5.32 Å². The van der Waals surface area contributed by atoms with Crippen molar-refractivity contribution in [3.05, 3.63) is 18.3 Å². The van der Waals surface area contributed by atoms with Gasteiger partial charge < -0.3 is 10.2 Å². The van der Waals surface area contributed by atoms with Crippen molar-refractivity contribution in [2.75, 3.05) is 39.5 Å². The Balaban J connectivity index is 2.49. The Kier molecular flexibility index (Phi) is 6.57. The minimum Gasteiger partial charge on any atom is -0.370 e. The van der Waals surface area contributed by atoms with E-state index in [1.807, 2.05) is 0 Å². The van der Waals surface area contributed by atoms with Crippen LogP contribution in [0.5, 0.6) is 0 Å². The van der Waals surface area contributed by atoms with Crippen LogP contribution in [0, 0.1) is 0 Å². The van der Waals surface area contributed by atoms with Crippen molar-refractivity contribution >= 4 is 15.8 Å². The quantitative estimate of drug-likeness (QED) is 0.736. The molecular weight excluding hydrogens is 288 g/mol. The molecule has 0 amide bonds. The molecule has 0 spiro atoms. The highest BCUT2D eigenvalue weighted by Crippen LogP contribution is 2.13. The number of pyridine rings is 1. The summed E-state index contributed by atoms with van der Waals surface area (Å²) in [5, 5.41) is 3.20. The van der Waals surface area contributed by atoms with Gasteiger partial charge in [0.25, 0.3) is 0 Å². The van der Waals surface area contributed by atoms with Crippen LogP contribution in [0.3, 0.4) is 0 Å². The second-order valence-corrected chi connectivity index (χ2v) is 7.67. The van der Waals surface area contributed by atoms with Crippen molar-refractivity contribution < 1.29 is 8.42 Å². The van der Waals surface area contributed by atoms with Crippen molar-refractivity contribution in [1.29, 1.82) is 0 Å². The lowest BCUT2D eigenvalue weighted by atomic mass is 10.3. The van der Waals surface area contributed by atoms with Crippen LogP contribution in [0.25, 0.3) is 0 Å². The molecule has 0 atom stereocenters. The second-order valence-electron chi connectivity index (χ2n) is 5.52. The molecular formula is C14H26N4O2S. The Bertz CT molecular complexity index is 526. The number of nitrogens with one attached hydrogen (secondary N) is 1. The molecule has 0 unspecified atom stereocenters. The predicted molar refractivity (Wildman–Crippen MR) is 86.0 cm³/mol. The van der Waals surface area contributed by atoms with Gasteiger partial charge in [-0.3, -0.25) is 0 Å². The van der Waals surface area contributed by atoms with Crippen LogP contribution in [0.15, 0.2) is 23.2 Å². The lowest BCUT2D eigenvalue weighted by molar-refractivity contribution is 0.273. The van der Waals surface area contributed by atoms with Crippen LogP contribution in [0.2, 0.25) is 0 Å². The lowest BCUT2D eigenvalue weighted by Crippen LogP contribution is -2.28. The van der Waals surface area contributed by atoms with Gasteiger partial charge in [0.05, 0.1) is 0 Å².